The summed E-state index contributed by atoms with van der Waals surface area (Å²) >= 11 is 5.71. The molecular formula is C13H14ClNO4. The number of benzene rings is 1. The second kappa shape index (κ2) is 5.48. The minimum Gasteiger partial charge on any atom is -0.507 e. The van der Waals surface area contributed by atoms with Crippen LogP contribution < -0.4 is 0 Å². The Balaban J connectivity index is 2.28. The van der Waals surface area contributed by atoms with Gasteiger partial charge < -0.3 is 15.1 Å². The summed E-state index contributed by atoms with van der Waals surface area (Å²) in [5, 5.41) is 19.2. The molecule has 1 amide bonds. The van der Waals surface area contributed by atoms with E-state index in [2.05, 4.69) is 0 Å². The number of amides is 1. The number of nitrogens with zero attached hydrogens (tertiary/aromatic N) is 1. The van der Waals surface area contributed by atoms with E-state index in [4.69, 9.17) is 16.7 Å². The Kier molecular flexibility index (Phi) is 3.95. The highest BCUT2D eigenvalue weighted by atomic mass is 35.5. The van der Waals surface area contributed by atoms with Crippen LogP contribution in [0.1, 0.15) is 29.6 Å². The SMILES string of the molecule is O=C(O)C1CCCCN1C(=O)c1ccc(Cl)cc1O. The van der Waals surface area contributed by atoms with Crippen LogP contribution >= 0.6 is 11.6 Å². The van der Waals surface area contributed by atoms with E-state index < -0.39 is 17.9 Å². The van der Waals surface area contributed by atoms with Crippen LogP contribution in [0, 0.1) is 0 Å². The van der Waals surface area contributed by atoms with Gasteiger partial charge in [0, 0.05) is 11.6 Å². The molecule has 0 aliphatic carbocycles. The Morgan fingerprint density at radius 3 is 2.68 bits per heavy atom. The molecule has 1 fully saturated rings. The molecule has 0 saturated carbocycles. The van der Waals surface area contributed by atoms with Crippen LogP contribution in [0.4, 0.5) is 0 Å². The van der Waals surface area contributed by atoms with Gasteiger partial charge >= 0.3 is 5.97 Å². The highest BCUT2D eigenvalue weighted by Gasteiger charge is 2.33. The zero-order valence-corrected chi connectivity index (χ0v) is 10.9. The van der Waals surface area contributed by atoms with Crippen molar-refractivity contribution in [1.82, 2.24) is 4.90 Å². The Morgan fingerprint density at radius 1 is 1.32 bits per heavy atom. The lowest BCUT2D eigenvalue weighted by atomic mass is 10.0. The van der Waals surface area contributed by atoms with Gasteiger partial charge in [-0.25, -0.2) is 4.79 Å². The third-order valence-electron chi connectivity index (χ3n) is 3.24. The molecule has 0 radical (unpaired) electrons. The monoisotopic (exact) mass is 283 g/mol. The molecule has 0 spiro atoms. The van der Waals surface area contributed by atoms with Crippen molar-refractivity contribution in [3.05, 3.63) is 28.8 Å². The van der Waals surface area contributed by atoms with E-state index in [9.17, 15) is 14.7 Å². The zero-order valence-electron chi connectivity index (χ0n) is 10.2. The third-order valence-corrected chi connectivity index (χ3v) is 3.47. The molecular weight excluding hydrogens is 270 g/mol. The van der Waals surface area contributed by atoms with Crippen molar-refractivity contribution in [1.29, 1.82) is 0 Å². The van der Waals surface area contributed by atoms with Gasteiger partial charge in [0.1, 0.15) is 11.8 Å². The minimum atomic E-state index is -1.01. The van der Waals surface area contributed by atoms with E-state index in [1.807, 2.05) is 0 Å². The molecule has 1 aromatic rings. The van der Waals surface area contributed by atoms with Gasteiger partial charge in [-0.2, -0.15) is 0 Å². The summed E-state index contributed by atoms with van der Waals surface area (Å²) in [7, 11) is 0. The van der Waals surface area contributed by atoms with Crippen molar-refractivity contribution >= 4 is 23.5 Å². The van der Waals surface area contributed by atoms with Crippen LogP contribution in [0.5, 0.6) is 5.75 Å². The summed E-state index contributed by atoms with van der Waals surface area (Å²) in [4.78, 5) is 24.8. The number of piperidine rings is 1. The highest BCUT2D eigenvalue weighted by molar-refractivity contribution is 6.30. The number of carbonyl (C=O) groups is 2. The van der Waals surface area contributed by atoms with Gasteiger partial charge in [0.05, 0.1) is 5.56 Å². The Labute approximate surface area is 115 Å². The van der Waals surface area contributed by atoms with Crippen molar-refractivity contribution in [2.45, 2.75) is 25.3 Å². The lowest BCUT2D eigenvalue weighted by molar-refractivity contribution is -0.143. The number of hydrogen-bond acceptors (Lipinski definition) is 3. The topological polar surface area (TPSA) is 77.8 Å². The first-order valence-corrected chi connectivity index (χ1v) is 6.41. The number of rotatable bonds is 2. The van der Waals surface area contributed by atoms with Gasteiger partial charge in [0.15, 0.2) is 0 Å². The van der Waals surface area contributed by atoms with Gasteiger partial charge in [-0.15, -0.1) is 0 Å². The smallest absolute Gasteiger partial charge is 0.326 e. The fraction of sp³-hybridized carbons (Fsp3) is 0.385. The molecule has 5 nitrogen and oxygen atoms in total. The minimum absolute atomic E-state index is 0.0811. The second-order valence-electron chi connectivity index (χ2n) is 4.51. The summed E-state index contributed by atoms with van der Waals surface area (Å²) in [5.74, 6) is -1.71. The van der Waals surface area contributed by atoms with E-state index in [0.29, 0.717) is 18.0 Å². The predicted molar refractivity (Wildman–Crippen MR) is 69.4 cm³/mol. The van der Waals surface area contributed by atoms with Crippen LogP contribution in [0.15, 0.2) is 18.2 Å². The second-order valence-corrected chi connectivity index (χ2v) is 4.95. The van der Waals surface area contributed by atoms with Crippen molar-refractivity contribution < 1.29 is 19.8 Å². The highest BCUT2D eigenvalue weighted by Crippen LogP contribution is 2.26. The van der Waals surface area contributed by atoms with Gasteiger partial charge in [-0.05, 0) is 37.5 Å². The predicted octanol–water partition coefficient (Wildman–Crippen LogP) is 2.12. The number of likely N-dealkylation sites (tertiary alicyclic amines) is 1. The molecule has 6 heteroatoms. The van der Waals surface area contributed by atoms with Crippen LogP contribution in [-0.4, -0.2) is 39.6 Å². The van der Waals surface area contributed by atoms with Crippen LogP contribution in [-0.2, 0) is 4.79 Å². The number of carboxylic acids is 1. The average Bonchev–Trinajstić information content (AvgIpc) is 2.38. The van der Waals surface area contributed by atoms with E-state index in [-0.39, 0.29) is 11.3 Å². The van der Waals surface area contributed by atoms with Crippen LogP contribution in [0.25, 0.3) is 0 Å². The maximum Gasteiger partial charge on any atom is 0.326 e. The number of halogens is 1. The largest absolute Gasteiger partial charge is 0.507 e. The van der Waals surface area contributed by atoms with E-state index in [0.717, 1.165) is 12.8 Å². The fourth-order valence-corrected chi connectivity index (χ4v) is 2.44. The number of carbonyl (C=O) groups excluding carboxylic acids is 1. The van der Waals surface area contributed by atoms with Crippen molar-refractivity contribution in [2.75, 3.05) is 6.54 Å². The fourth-order valence-electron chi connectivity index (χ4n) is 2.27. The van der Waals surface area contributed by atoms with Crippen LogP contribution in [0.3, 0.4) is 0 Å². The Bertz CT molecular complexity index is 517. The molecule has 1 unspecified atom stereocenters. The summed E-state index contributed by atoms with van der Waals surface area (Å²) in [6, 6.07) is 3.35. The quantitative estimate of drug-likeness (QED) is 0.871. The molecule has 0 aromatic heterocycles. The first-order valence-electron chi connectivity index (χ1n) is 6.03. The van der Waals surface area contributed by atoms with Gasteiger partial charge in [-0.3, -0.25) is 4.79 Å². The maximum absolute atomic E-state index is 12.3. The summed E-state index contributed by atoms with van der Waals surface area (Å²) in [5.41, 5.74) is 0.0811. The van der Waals surface area contributed by atoms with Gasteiger partial charge in [-0.1, -0.05) is 11.6 Å². The lowest BCUT2D eigenvalue weighted by Gasteiger charge is -2.33. The number of phenolic OH excluding ortho intramolecular Hbond substituents is 1. The number of aromatic hydroxyl groups is 1. The molecule has 1 aliphatic rings. The van der Waals surface area contributed by atoms with Crippen molar-refractivity contribution in [2.24, 2.45) is 0 Å². The molecule has 19 heavy (non-hydrogen) atoms. The van der Waals surface area contributed by atoms with Crippen molar-refractivity contribution in [3.8, 4) is 5.75 Å². The molecule has 1 aliphatic heterocycles. The Morgan fingerprint density at radius 2 is 2.05 bits per heavy atom. The maximum atomic E-state index is 12.3. The molecule has 0 bridgehead atoms. The molecule has 2 N–H and O–H groups in total. The third kappa shape index (κ3) is 2.81. The summed E-state index contributed by atoms with van der Waals surface area (Å²) < 4.78 is 0. The van der Waals surface area contributed by atoms with E-state index in [1.54, 1.807) is 0 Å². The first kappa shape index (κ1) is 13.7. The van der Waals surface area contributed by atoms with Crippen molar-refractivity contribution in [3.63, 3.8) is 0 Å². The number of carboxylic acid groups (broad SMARTS) is 1. The van der Waals surface area contributed by atoms with Gasteiger partial charge in [0.25, 0.3) is 5.91 Å². The van der Waals surface area contributed by atoms with E-state index >= 15 is 0 Å². The number of phenols is 1. The molecule has 2 rings (SSSR count). The molecule has 1 heterocycles. The summed E-state index contributed by atoms with van der Waals surface area (Å²) in [6.07, 6.45) is 1.99. The normalized spacial score (nSPS) is 19.2. The molecule has 1 saturated heterocycles. The number of aliphatic carboxylic acids is 1. The Hall–Kier alpha value is -1.75. The first-order chi connectivity index (χ1) is 9.00. The van der Waals surface area contributed by atoms with Gasteiger partial charge in [0.2, 0.25) is 0 Å². The molecule has 1 atom stereocenters. The lowest BCUT2D eigenvalue weighted by Crippen LogP contribution is -2.48. The molecule has 1 aromatic carbocycles. The average molecular weight is 284 g/mol. The zero-order chi connectivity index (χ0) is 14.0. The standard InChI is InChI=1S/C13H14ClNO4/c14-8-4-5-9(11(16)7-8)12(17)15-6-2-1-3-10(15)13(18)19/h4-5,7,10,16H,1-3,6H2,(H,18,19). The van der Waals surface area contributed by atoms with Crippen LogP contribution in [0.2, 0.25) is 5.02 Å². The summed E-state index contributed by atoms with van der Waals surface area (Å²) in [6.45, 7) is 0.387. The van der Waals surface area contributed by atoms with E-state index in [1.165, 1.54) is 23.1 Å². The number of hydrogen-bond donors (Lipinski definition) is 2. The molecule has 102 valence electrons.